The lowest BCUT2D eigenvalue weighted by Gasteiger charge is -2.23. The van der Waals surface area contributed by atoms with Gasteiger partial charge < -0.3 is 10.0 Å². The van der Waals surface area contributed by atoms with Crippen LogP contribution in [-0.2, 0) is 19.4 Å². The monoisotopic (exact) mass is 335 g/mol. The number of rotatable bonds is 7. The Balaban J connectivity index is 1.74. The SMILES string of the molecule is CN(C(=O)CSCC1(CC(=O)O)CC1)C1CCS(=O)(=O)C1. The van der Waals surface area contributed by atoms with Gasteiger partial charge in [-0.3, -0.25) is 9.59 Å². The molecule has 2 aliphatic rings. The van der Waals surface area contributed by atoms with Crippen LogP contribution in [0.2, 0.25) is 0 Å². The second-order valence-electron chi connectivity index (χ2n) is 6.12. The van der Waals surface area contributed by atoms with Crippen molar-refractivity contribution < 1.29 is 23.1 Å². The number of carbonyl (C=O) groups excluding carboxylic acids is 1. The Hall–Kier alpha value is -0.760. The summed E-state index contributed by atoms with van der Waals surface area (Å²) in [5.74, 6) is 0.324. The fraction of sp³-hybridized carbons (Fsp3) is 0.846. The van der Waals surface area contributed by atoms with E-state index < -0.39 is 15.8 Å². The largest absolute Gasteiger partial charge is 0.481 e. The van der Waals surface area contributed by atoms with Gasteiger partial charge >= 0.3 is 5.97 Å². The lowest BCUT2D eigenvalue weighted by Crippen LogP contribution is -2.39. The maximum Gasteiger partial charge on any atom is 0.303 e. The summed E-state index contributed by atoms with van der Waals surface area (Å²) in [7, 11) is -1.34. The van der Waals surface area contributed by atoms with Gasteiger partial charge in [-0.25, -0.2) is 8.42 Å². The standard InChI is InChI=1S/C13H21NO5S2/c1-14(10-2-5-21(18,19)8-10)11(15)7-20-9-13(3-4-13)6-12(16)17/h10H,2-9H2,1H3,(H,16,17). The number of aliphatic carboxylic acids is 1. The van der Waals surface area contributed by atoms with Crippen molar-refractivity contribution in [1.29, 1.82) is 0 Å². The van der Waals surface area contributed by atoms with Gasteiger partial charge in [0.25, 0.3) is 0 Å². The van der Waals surface area contributed by atoms with Crippen LogP contribution in [0.1, 0.15) is 25.7 Å². The number of carboxylic acid groups (broad SMARTS) is 1. The van der Waals surface area contributed by atoms with Crippen LogP contribution in [0.3, 0.4) is 0 Å². The fourth-order valence-electron chi connectivity index (χ4n) is 2.61. The first-order chi connectivity index (χ1) is 9.73. The Morgan fingerprint density at radius 3 is 2.52 bits per heavy atom. The Bertz CT molecular complexity index is 527. The smallest absolute Gasteiger partial charge is 0.303 e. The molecule has 1 saturated carbocycles. The van der Waals surface area contributed by atoms with Crippen LogP contribution in [-0.4, -0.2) is 66.4 Å². The van der Waals surface area contributed by atoms with Crippen LogP contribution < -0.4 is 0 Å². The summed E-state index contributed by atoms with van der Waals surface area (Å²) < 4.78 is 22.9. The molecule has 0 aromatic heterocycles. The molecular formula is C13H21NO5S2. The first-order valence-electron chi connectivity index (χ1n) is 6.99. The number of carboxylic acids is 1. The average molecular weight is 335 g/mol. The molecular weight excluding hydrogens is 314 g/mol. The summed E-state index contributed by atoms with van der Waals surface area (Å²) >= 11 is 1.46. The van der Waals surface area contributed by atoms with Gasteiger partial charge in [0.05, 0.1) is 23.7 Å². The molecule has 21 heavy (non-hydrogen) atoms. The van der Waals surface area contributed by atoms with E-state index in [1.807, 2.05) is 0 Å². The highest BCUT2D eigenvalue weighted by molar-refractivity contribution is 8.00. The van der Waals surface area contributed by atoms with E-state index in [2.05, 4.69) is 0 Å². The van der Waals surface area contributed by atoms with Gasteiger partial charge in [0.15, 0.2) is 9.84 Å². The first kappa shape index (κ1) is 16.6. The van der Waals surface area contributed by atoms with E-state index in [1.54, 1.807) is 7.05 Å². The van der Waals surface area contributed by atoms with Gasteiger partial charge in [-0.15, -0.1) is 0 Å². The van der Waals surface area contributed by atoms with Crippen molar-refractivity contribution in [2.45, 2.75) is 31.7 Å². The molecule has 1 unspecified atom stereocenters. The molecule has 2 rings (SSSR count). The predicted octanol–water partition coefficient (Wildman–Crippen LogP) is 0.620. The third-order valence-corrected chi connectivity index (χ3v) is 7.28. The van der Waals surface area contributed by atoms with Crippen LogP contribution in [0.4, 0.5) is 0 Å². The van der Waals surface area contributed by atoms with Crippen LogP contribution in [0, 0.1) is 5.41 Å². The molecule has 0 aromatic rings. The number of nitrogens with zero attached hydrogens (tertiary/aromatic N) is 1. The number of sulfone groups is 1. The van der Waals surface area contributed by atoms with Crippen molar-refractivity contribution in [2.75, 3.05) is 30.1 Å². The van der Waals surface area contributed by atoms with E-state index >= 15 is 0 Å². The maximum absolute atomic E-state index is 12.1. The molecule has 1 aliphatic heterocycles. The van der Waals surface area contributed by atoms with E-state index in [4.69, 9.17) is 5.11 Å². The zero-order valence-electron chi connectivity index (χ0n) is 12.1. The normalized spacial score (nSPS) is 25.5. The Kier molecular flexibility index (Phi) is 4.87. The molecule has 1 N–H and O–H groups in total. The second kappa shape index (κ2) is 6.16. The highest BCUT2D eigenvalue weighted by Crippen LogP contribution is 2.51. The minimum Gasteiger partial charge on any atom is -0.481 e. The minimum absolute atomic E-state index is 0.0584. The third kappa shape index (κ3) is 4.60. The molecule has 0 radical (unpaired) electrons. The van der Waals surface area contributed by atoms with Crippen LogP contribution in [0.25, 0.3) is 0 Å². The molecule has 1 amide bonds. The molecule has 1 atom stereocenters. The van der Waals surface area contributed by atoms with Crippen molar-refractivity contribution in [3.8, 4) is 0 Å². The number of hydrogen-bond donors (Lipinski definition) is 1. The average Bonchev–Trinajstić information content (AvgIpc) is 3.02. The second-order valence-corrected chi connectivity index (χ2v) is 9.34. The Morgan fingerprint density at radius 1 is 1.38 bits per heavy atom. The molecule has 120 valence electrons. The summed E-state index contributed by atoms with van der Waals surface area (Å²) in [5.41, 5.74) is -0.119. The van der Waals surface area contributed by atoms with Gasteiger partial charge in [0.2, 0.25) is 5.91 Å². The summed E-state index contributed by atoms with van der Waals surface area (Å²) in [6.07, 6.45) is 2.51. The fourth-order valence-corrected chi connectivity index (χ4v) is 5.69. The molecule has 0 spiro atoms. The topological polar surface area (TPSA) is 91.8 Å². The lowest BCUT2D eigenvalue weighted by molar-refractivity contribution is -0.138. The van der Waals surface area contributed by atoms with Crippen molar-refractivity contribution in [3.63, 3.8) is 0 Å². The Labute approximate surface area is 129 Å². The number of carbonyl (C=O) groups is 2. The van der Waals surface area contributed by atoms with Crippen molar-refractivity contribution in [2.24, 2.45) is 5.41 Å². The molecule has 1 aliphatic carbocycles. The van der Waals surface area contributed by atoms with Gasteiger partial charge in [0.1, 0.15) is 0 Å². The number of thioether (sulfide) groups is 1. The van der Waals surface area contributed by atoms with E-state index in [-0.39, 0.29) is 41.0 Å². The molecule has 1 saturated heterocycles. The summed E-state index contributed by atoms with van der Waals surface area (Å²) in [4.78, 5) is 24.4. The van der Waals surface area contributed by atoms with Crippen LogP contribution >= 0.6 is 11.8 Å². The number of amides is 1. The maximum atomic E-state index is 12.1. The molecule has 8 heteroatoms. The van der Waals surface area contributed by atoms with E-state index in [1.165, 1.54) is 16.7 Å². The molecule has 2 fully saturated rings. The quantitative estimate of drug-likeness (QED) is 0.733. The lowest BCUT2D eigenvalue weighted by atomic mass is 10.1. The van der Waals surface area contributed by atoms with E-state index in [0.717, 1.165) is 12.8 Å². The highest BCUT2D eigenvalue weighted by atomic mass is 32.2. The van der Waals surface area contributed by atoms with Crippen LogP contribution in [0.5, 0.6) is 0 Å². The van der Waals surface area contributed by atoms with Crippen molar-refractivity contribution in [3.05, 3.63) is 0 Å². The van der Waals surface area contributed by atoms with Gasteiger partial charge in [-0.1, -0.05) is 0 Å². The summed E-state index contributed by atoms with van der Waals surface area (Å²) in [5, 5.41) is 8.84. The zero-order valence-corrected chi connectivity index (χ0v) is 13.7. The van der Waals surface area contributed by atoms with Crippen LogP contribution in [0.15, 0.2) is 0 Å². The molecule has 0 aromatic carbocycles. The highest BCUT2D eigenvalue weighted by Gasteiger charge is 2.44. The van der Waals surface area contributed by atoms with E-state index in [0.29, 0.717) is 12.2 Å². The predicted molar refractivity (Wildman–Crippen MR) is 81.1 cm³/mol. The minimum atomic E-state index is -2.99. The zero-order chi connectivity index (χ0) is 15.7. The number of hydrogen-bond acceptors (Lipinski definition) is 5. The van der Waals surface area contributed by atoms with Gasteiger partial charge in [-0.05, 0) is 30.4 Å². The third-order valence-electron chi connectivity index (χ3n) is 4.27. The molecule has 6 nitrogen and oxygen atoms in total. The summed E-state index contributed by atoms with van der Waals surface area (Å²) in [6, 6.07) is -0.211. The Morgan fingerprint density at radius 2 is 2.05 bits per heavy atom. The van der Waals surface area contributed by atoms with E-state index in [9.17, 15) is 18.0 Å². The molecule has 0 bridgehead atoms. The van der Waals surface area contributed by atoms with Gasteiger partial charge in [-0.2, -0.15) is 11.8 Å². The summed E-state index contributed by atoms with van der Waals surface area (Å²) in [6.45, 7) is 0. The van der Waals surface area contributed by atoms with Crippen molar-refractivity contribution >= 4 is 33.5 Å². The van der Waals surface area contributed by atoms with Crippen molar-refractivity contribution in [1.82, 2.24) is 4.90 Å². The first-order valence-corrected chi connectivity index (χ1v) is 9.96. The van der Waals surface area contributed by atoms with Gasteiger partial charge in [0, 0.05) is 13.1 Å². The molecule has 1 heterocycles.